The Hall–Kier alpha value is -2.07. The quantitative estimate of drug-likeness (QED) is 0.526. The molecule has 1 aromatic heterocycles. The average Bonchev–Trinajstić information content (AvgIpc) is 2.57. The molecule has 1 unspecified atom stereocenters. The van der Waals surface area contributed by atoms with E-state index in [0.29, 0.717) is 11.0 Å². The largest absolute Gasteiger partial charge is 0.431 e. The van der Waals surface area contributed by atoms with E-state index in [0.717, 1.165) is 30.9 Å². The van der Waals surface area contributed by atoms with E-state index in [1.807, 2.05) is 0 Å². The normalized spacial score (nSPS) is 12.9. The molecule has 0 aliphatic rings. The Labute approximate surface area is 165 Å². The van der Waals surface area contributed by atoms with Gasteiger partial charge in [0.25, 0.3) is 5.56 Å². The van der Waals surface area contributed by atoms with Crippen molar-refractivity contribution in [2.75, 3.05) is 0 Å². The molecule has 1 aromatic carbocycles. The Morgan fingerprint density at radius 2 is 1.86 bits per heavy atom. The van der Waals surface area contributed by atoms with Crippen LogP contribution in [0.2, 0.25) is 5.02 Å². The third-order valence-electron chi connectivity index (χ3n) is 3.95. The van der Waals surface area contributed by atoms with Crippen LogP contribution in [-0.2, 0) is 18.0 Å². The number of nitrogens with zero attached hydrogens (tertiary/aromatic N) is 2. The minimum Gasteiger partial charge on any atom is -0.299 e. The number of aromatic nitrogens is 2. The number of ketones is 1. The van der Waals surface area contributed by atoms with Gasteiger partial charge in [-0.05, 0) is 25.5 Å². The van der Waals surface area contributed by atoms with Crippen molar-refractivity contribution in [2.45, 2.75) is 36.6 Å². The van der Waals surface area contributed by atoms with Gasteiger partial charge in [-0.25, -0.2) is 13.8 Å². The molecule has 0 N–H and O–H groups in total. The summed E-state index contributed by atoms with van der Waals surface area (Å²) in [5.74, 6) is -1.22. The molecule has 0 saturated carbocycles. The minimum absolute atomic E-state index is 0.0530. The summed E-state index contributed by atoms with van der Waals surface area (Å²) in [6.07, 6.45) is -4.48. The standard InChI is InChI=1S/C17H15ClF4N2O3S/c1-4-12(8(2)25)28-13-6-11(10(19)5-9(13)18)24-15(26)7-14(17(20,21)22)23(3)16(24)27/h5-7,12H,4H2,1-3H3. The molecular formula is C17H15ClF4N2O3S. The maximum Gasteiger partial charge on any atom is 0.431 e. The molecule has 0 aliphatic carbocycles. The van der Waals surface area contributed by atoms with E-state index in [9.17, 15) is 31.9 Å². The summed E-state index contributed by atoms with van der Waals surface area (Å²) < 4.78 is 53.8. The number of rotatable bonds is 5. The van der Waals surface area contributed by atoms with E-state index in [2.05, 4.69) is 0 Å². The van der Waals surface area contributed by atoms with Gasteiger partial charge in [-0.15, -0.1) is 11.8 Å². The van der Waals surface area contributed by atoms with Gasteiger partial charge in [-0.1, -0.05) is 18.5 Å². The number of hydrogen-bond donors (Lipinski definition) is 0. The van der Waals surface area contributed by atoms with Gasteiger partial charge in [0.1, 0.15) is 17.3 Å². The molecule has 1 atom stereocenters. The molecule has 0 aliphatic heterocycles. The first-order chi connectivity index (χ1) is 12.9. The van der Waals surface area contributed by atoms with Crippen LogP contribution in [-0.4, -0.2) is 20.2 Å². The van der Waals surface area contributed by atoms with Gasteiger partial charge in [0.05, 0.1) is 16.0 Å². The van der Waals surface area contributed by atoms with E-state index >= 15 is 0 Å². The van der Waals surface area contributed by atoms with Crippen molar-refractivity contribution in [3.8, 4) is 5.69 Å². The summed E-state index contributed by atoms with van der Waals surface area (Å²) in [6.45, 7) is 3.13. The van der Waals surface area contributed by atoms with E-state index in [4.69, 9.17) is 11.6 Å². The fourth-order valence-corrected chi connectivity index (χ4v) is 3.78. The Bertz CT molecular complexity index is 1050. The molecule has 2 rings (SSSR count). The van der Waals surface area contributed by atoms with Crippen LogP contribution in [0.15, 0.2) is 32.7 Å². The predicted molar refractivity (Wildman–Crippen MR) is 97.9 cm³/mol. The van der Waals surface area contributed by atoms with Crippen LogP contribution in [0.3, 0.4) is 0 Å². The van der Waals surface area contributed by atoms with Gasteiger partial charge in [0.15, 0.2) is 0 Å². The maximum absolute atomic E-state index is 14.4. The third kappa shape index (κ3) is 4.33. The second-order valence-electron chi connectivity index (χ2n) is 5.90. The Morgan fingerprint density at radius 1 is 1.25 bits per heavy atom. The number of benzene rings is 1. The lowest BCUT2D eigenvalue weighted by atomic mass is 10.2. The molecule has 28 heavy (non-hydrogen) atoms. The van der Waals surface area contributed by atoms with Gasteiger partial charge in [-0.2, -0.15) is 13.2 Å². The summed E-state index contributed by atoms with van der Waals surface area (Å²) in [5, 5.41) is -0.550. The summed E-state index contributed by atoms with van der Waals surface area (Å²) in [6, 6.07) is 2.13. The van der Waals surface area contributed by atoms with E-state index in [1.165, 1.54) is 6.92 Å². The van der Waals surface area contributed by atoms with Crippen LogP contribution in [0.4, 0.5) is 17.6 Å². The average molecular weight is 439 g/mol. The Balaban J connectivity index is 2.71. The summed E-state index contributed by atoms with van der Waals surface area (Å²) in [5.41, 5.74) is -4.71. The van der Waals surface area contributed by atoms with Crippen LogP contribution in [0.5, 0.6) is 0 Å². The zero-order valence-electron chi connectivity index (χ0n) is 14.9. The number of thioether (sulfide) groups is 1. The van der Waals surface area contributed by atoms with Gasteiger partial charge < -0.3 is 0 Å². The molecule has 0 spiro atoms. The highest BCUT2D eigenvalue weighted by atomic mass is 35.5. The van der Waals surface area contributed by atoms with Crippen molar-refractivity contribution in [2.24, 2.45) is 7.05 Å². The Morgan fingerprint density at radius 3 is 2.36 bits per heavy atom. The van der Waals surface area contributed by atoms with E-state index in [-0.39, 0.29) is 26.3 Å². The Kier molecular flexibility index (Phi) is 6.44. The second-order valence-corrected chi connectivity index (χ2v) is 7.55. The van der Waals surface area contributed by atoms with Crippen molar-refractivity contribution in [1.82, 2.24) is 9.13 Å². The van der Waals surface area contributed by atoms with Crippen molar-refractivity contribution < 1.29 is 22.4 Å². The van der Waals surface area contributed by atoms with E-state index < -0.39 is 39.9 Å². The van der Waals surface area contributed by atoms with Crippen LogP contribution < -0.4 is 11.2 Å². The van der Waals surface area contributed by atoms with Crippen molar-refractivity contribution in [1.29, 1.82) is 0 Å². The third-order valence-corrected chi connectivity index (χ3v) is 5.91. The molecule has 0 fully saturated rings. The van der Waals surface area contributed by atoms with Crippen LogP contribution >= 0.6 is 23.4 Å². The molecule has 0 bridgehead atoms. The van der Waals surface area contributed by atoms with Crippen molar-refractivity contribution in [3.05, 3.63) is 55.6 Å². The number of hydrogen-bond acceptors (Lipinski definition) is 4. The molecule has 0 radical (unpaired) electrons. The second kappa shape index (κ2) is 8.12. The highest BCUT2D eigenvalue weighted by molar-refractivity contribution is 8.00. The van der Waals surface area contributed by atoms with Crippen molar-refractivity contribution >= 4 is 29.1 Å². The number of carbonyl (C=O) groups is 1. The van der Waals surface area contributed by atoms with Crippen LogP contribution in [0.1, 0.15) is 26.0 Å². The molecule has 0 saturated heterocycles. The molecule has 11 heteroatoms. The topological polar surface area (TPSA) is 61.1 Å². The van der Waals surface area contributed by atoms with Crippen LogP contribution in [0, 0.1) is 5.82 Å². The molecular weight excluding hydrogens is 424 g/mol. The fraction of sp³-hybridized carbons (Fsp3) is 0.353. The SMILES string of the molecule is CCC(Sc1cc(-n2c(=O)cc(C(F)(F)F)n(C)c2=O)c(F)cc1Cl)C(C)=O. The smallest absolute Gasteiger partial charge is 0.299 e. The van der Waals surface area contributed by atoms with Crippen molar-refractivity contribution in [3.63, 3.8) is 0 Å². The fourth-order valence-electron chi connectivity index (χ4n) is 2.51. The summed E-state index contributed by atoms with van der Waals surface area (Å²) in [7, 11) is 0.827. The first-order valence-corrected chi connectivity index (χ1v) is 9.21. The predicted octanol–water partition coefficient (Wildman–Crippen LogP) is 3.81. The zero-order valence-corrected chi connectivity index (χ0v) is 16.5. The number of halogens is 5. The first-order valence-electron chi connectivity index (χ1n) is 7.95. The number of Topliss-reactive ketones (excluding diaryl/α,β-unsaturated/α-hetero) is 1. The minimum atomic E-state index is -4.93. The maximum atomic E-state index is 14.4. The highest BCUT2D eigenvalue weighted by Gasteiger charge is 2.35. The molecule has 0 amide bonds. The van der Waals surface area contributed by atoms with Gasteiger partial charge in [-0.3, -0.25) is 14.2 Å². The lowest BCUT2D eigenvalue weighted by molar-refractivity contribution is -0.144. The molecule has 5 nitrogen and oxygen atoms in total. The van der Waals surface area contributed by atoms with Gasteiger partial charge >= 0.3 is 11.9 Å². The highest BCUT2D eigenvalue weighted by Crippen LogP contribution is 2.35. The first kappa shape index (κ1) is 22.2. The lowest BCUT2D eigenvalue weighted by Gasteiger charge is -2.16. The van der Waals surface area contributed by atoms with Gasteiger partial charge in [0, 0.05) is 18.0 Å². The number of carbonyl (C=O) groups excluding carboxylic acids is 1. The molecule has 1 heterocycles. The monoisotopic (exact) mass is 438 g/mol. The van der Waals surface area contributed by atoms with E-state index in [1.54, 1.807) is 6.92 Å². The molecule has 2 aromatic rings. The van der Waals surface area contributed by atoms with Gasteiger partial charge in [0.2, 0.25) is 0 Å². The molecule has 152 valence electrons. The summed E-state index contributed by atoms with van der Waals surface area (Å²) in [4.78, 5) is 36.4. The zero-order chi connectivity index (χ0) is 21.4. The number of alkyl halides is 3. The lowest BCUT2D eigenvalue weighted by Crippen LogP contribution is -2.41. The summed E-state index contributed by atoms with van der Waals surface area (Å²) >= 11 is 7.01. The van der Waals surface area contributed by atoms with Crippen LogP contribution in [0.25, 0.3) is 5.69 Å².